The molecule has 1 unspecified atom stereocenters. The molecule has 0 saturated carbocycles. The second-order valence-corrected chi connectivity index (χ2v) is 5.97. The van der Waals surface area contributed by atoms with Gasteiger partial charge in [-0.1, -0.05) is 6.07 Å². The lowest BCUT2D eigenvalue weighted by molar-refractivity contribution is 0.448. The Labute approximate surface area is 139 Å². The maximum Gasteiger partial charge on any atom is 0.169 e. The number of piperidine rings is 1. The zero-order valence-electron chi connectivity index (χ0n) is 13.4. The number of hydrogen-bond donors (Lipinski definition) is 4. The van der Waals surface area contributed by atoms with E-state index in [4.69, 9.17) is 5.73 Å². The van der Waals surface area contributed by atoms with Crippen molar-refractivity contribution in [1.29, 1.82) is 5.26 Å². The molecule has 124 valence electrons. The number of nitrogens with zero attached hydrogens (tertiary/aromatic N) is 3. The van der Waals surface area contributed by atoms with Gasteiger partial charge in [0.2, 0.25) is 0 Å². The summed E-state index contributed by atoms with van der Waals surface area (Å²) in [6.45, 7) is 3.36. The van der Waals surface area contributed by atoms with E-state index in [0.717, 1.165) is 19.4 Å². The number of anilines is 1. The number of phenols is 2. The first kappa shape index (κ1) is 16.0. The zero-order valence-corrected chi connectivity index (χ0v) is 13.4. The molecule has 1 saturated heterocycles. The minimum atomic E-state index is -0.130. The minimum absolute atomic E-state index is 0.0477. The quantitative estimate of drug-likeness (QED) is 0.662. The van der Waals surface area contributed by atoms with Gasteiger partial charge in [-0.3, -0.25) is 0 Å². The number of aryl methyl sites for hydroxylation is 1. The van der Waals surface area contributed by atoms with Crippen LogP contribution in [0.15, 0.2) is 12.1 Å². The lowest BCUT2D eigenvalue weighted by Crippen LogP contribution is -2.29. The van der Waals surface area contributed by atoms with Crippen LogP contribution < -0.4 is 11.1 Å². The van der Waals surface area contributed by atoms with Crippen molar-refractivity contribution < 1.29 is 10.2 Å². The number of aromatic nitrogens is 2. The maximum absolute atomic E-state index is 10.3. The van der Waals surface area contributed by atoms with Gasteiger partial charge in [0.15, 0.2) is 5.82 Å². The summed E-state index contributed by atoms with van der Waals surface area (Å²) in [5, 5.41) is 33.1. The number of rotatable bonds is 2. The zero-order chi connectivity index (χ0) is 17.3. The van der Waals surface area contributed by atoms with Gasteiger partial charge in [-0.15, -0.1) is 0 Å². The third-order valence-corrected chi connectivity index (χ3v) is 4.34. The maximum atomic E-state index is 10.3. The third kappa shape index (κ3) is 2.72. The van der Waals surface area contributed by atoms with Crippen molar-refractivity contribution in [2.24, 2.45) is 0 Å². The predicted octanol–water partition coefficient (Wildman–Crippen LogP) is 1.78. The van der Waals surface area contributed by atoms with Crippen LogP contribution in [-0.2, 0) is 0 Å². The number of phenolic OH excluding ortho intramolecular Hbond substituents is 2. The highest BCUT2D eigenvalue weighted by molar-refractivity contribution is 5.74. The SMILES string of the molecule is Cc1ccc(O)c(-c2nc(N)c(C#N)c(C3CCCNC3)n2)c1O. The predicted molar refractivity (Wildman–Crippen MR) is 89.5 cm³/mol. The summed E-state index contributed by atoms with van der Waals surface area (Å²) in [5.74, 6) is 0.0162. The van der Waals surface area contributed by atoms with Crippen molar-refractivity contribution in [3.05, 3.63) is 29.0 Å². The van der Waals surface area contributed by atoms with Crippen LogP contribution in [-0.4, -0.2) is 33.3 Å². The van der Waals surface area contributed by atoms with E-state index in [1.165, 1.54) is 6.07 Å². The van der Waals surface area contributed by atoms with Crippen LogP contribution in [0.3, 0.4) is 0 Å². The Kier molecular flexibility index (Phi) is 4.23. The van der Waals surface area contributed by atoms with Crippen molar-refractivity contribution in [3.8, 4) is 29.0 Å². The molecule has 3 rings (SSSR count). The fourth-order valence-corrected chi connectivity index (χ4v) is 3.01. The molecule has 2 heterocycles. The Hall–Kier alpha value is -2.85. The number of nitriles is 1. The number of aromatic hydroxyl groups is 2. The number of benzene rings is 1. The van der Waals surface area contributed by atoms with Gasteiger partial charge in [0.1, 0.15) is 34.5 Å². The Morgan fingerprint density at radius 3 is 2.79 bits per heavy atom. The van der Waals surface area contributed by atoms with Gasteiger partial charge in [0.05, 0.1) is 5.69 Å². The van der Waals surface area contributed by atoms with E-state index < -0.39 is 0 Å². The molecule has 0 aliphatic carbocycles. The van der Waals surface area contributed by atoms with Gasteiger partial charge in [0.25, 0.3) is 0 Å². The van der Waals surface area contributed by atoms with Crippen molar-refractivity contribution in [1.82, 2.24) is 15.3 Å². The molecule has 7 nitrogen and oxygen atoms in total. The molecule has 0 bridgehead atoms. The normalized spacial score (nSPS) is 17.4. The molecule has 1 aliphatic rings. The van der Waals surface area contributed by atoms with Gasteiger partial charge < -0.3 is 21.3 Å². The molecule has 1 aromatic heterocycles. The van der Waals surface area contributed by atoms with Crippen molar-refractivity contribution >= 4 is 5.82 Å². The van der Waals surface area contributed by atoms with Gasteiger partial charge in [-0.05, 0) is 37.9 Å². The summed E-state index contributed by atoms with van der Waals surface area (Å²) in [4.78, 5) is 8.62. The number of nitrogens with one attached hydrogen (secondary N) is 1. The van der Waals surface area contributed by atoms with E-state index in [2.05, 4.69) is 21.4 Å². The fraction of sp³-hybridized carbons (Fsp3) is 0.353. The Morgan fingerprint density at radius 2 is 2.12 bits per heavy atom. The van der Waals surface area contributed by atoms with E-state index in [9.17, 15) is 15.5 Å². The van der Waals surface area contributed by atoms with E-state index in [1.807, 2.05) is 0 Å². The molecule has 0 spiro atoms. The Balaban J connectivity index is 2.19. The monoisotopic (exact) mass is 325 g/mol. The standard InChI is InChI=1S/C17H19N5O2/c1-9-4-5-12(23)13(15(9)24)17-21-14(10-3-2-6-20-8-10)11(7-18)16(19)22-17/h4-5,10,20,23-24H,2-3,6,8H2,1H3,(H2,19,21,22). The second-order valence-electron chi connectivity index (χ2n) is 5.97. The van der Waals surface area contributed by atoms with Gasteiger partial charge in [0, 0.05) is 12.5 Å². The molecule has 5 N–H and O–H groups in total. The molecule has 1 aliphatic heterocycles. The van der Waals surface area contributed by atoms with Gasteiger partial charge in [-0.2, -0.15) is 5.26 Å². The summed E-state index contributed by atoms with van der Waals surface area (Å²) in [6.07, 6.45) is 1.87. The average molecular weight is 325 g/mol. The molecular weight excluding hydrogens is 306 g/mol. The molecule has 0 amide bonds. The summed E-state index contributed by atoms with van der Waals surface area (Å²) in [6, 6.07) is 5.16. The van der Waals surface area contributed by atoms with E-state index in [0.29, 0.717) is 17.8 Å². The summed E-state index contributed by atoms with van der Waals surface area (Å²) < 4.78 is 0. The molecule has 1 atom stereocenters. The molecule has 2 aromatic rings. The van der Waals surface area contributed by atoms with Crippen LogP contribution in [0.1, 0.15) is 35.6 Å². The van der Waals surface area contributed by atoms with Crippen LogP contribution >= 0.6 is 0 Å². The van der Waals surface area contributed by atoms with Crippen LogP contribution in [0.2, 0.25) is 0 Å². The highest BCUT2D eigenvalue weighted by Crippen LogP contribution is 2.39. The smallest absolute Gasteiger partial charge is 0.169 e. The summed E-state index contributed by atoms with van der Waals surface area (Å²) in [7, 11) is 0. The Morgan fingerprint density at radius 1 is 1.33 bits per heavy atom. The van der Waals surface area contributed by atoms with E-state index >= 15 is 0 Å². The topological polar surface area (TPSA) is 128 Å². The van der Waals surface area contributed by atoms with Crippen LogP contribution in [0.4, 0.5) is 5.82 Å². The van der Waals surface area contributed by atoms with Crippen molar-refractivity contribution in [3.63, 3.8) is 0 Å². The molecule has 1 fully saturated rings. The number of hydrogen-bond acceptors (Lipinski definition) is 7. The highest BCUT2D eigenvalue weighted by atomic mass is 16.3. The van der Waals surface area contributed by atoms with Crippen LogP contribution in [0, 0.1) is 18.3 Å². The summed E-state index contributed by atoms with van der Waals surface area (Å²) >= 11 is 0. The van der Waals surface area contributed by atoms with Crippen molar-refractivity contribution in [2.75, 3.05) is 18.8 Å². The lowest BCUT2D eigenvalue weighted by atomic mass is 9.93. The first-order chi connectivity index (χ1) is 11.5. The average Bonchev–Trinajstić information content (AvgIpc) is 2.59. The van der Waals surface area contributed by atoms with E-state index in [1.54, 1.807) is 13.0 Å². The molecular formula is C17H19N5O2. The van der Waals surface area contributed by atoms with Crippen LogP contribution in [0.5, 0.6) is 11.5 Å². The second kappa shape index (κ2) is 6.34. The van der Waals surface area contributed by atoms with Gasteiger partial charge in [-0.25, -0.2) is 9.97 Å². The molecule has 24 heavy (non-hydrogen) atoms. The van der Waals surface area contributed by atoms with Crippen molar-refractivity contribution in [2.45, 2.75) is 25.7 Å². The first-order valence-electron chi connectivity index (χ1n) is 7.83. The largest absolute Gasteiger partial charge is 0.507 e. The number of nitrogen functional groups attached to an aromatic ring is 1. The molecule has 1 aromatic carbocycles. The first-order valence-corrected chi connectivity index (χ1v) is 7.83. The van der Waals surface area contributed by atoms with E-state index in [-0.39, 0.29) is 40.2 Å². The number of nitrogens with two attached hydrogens (primary N) is 1. The summed E-state index contributed by atoms with van der Waals surface area (Å²) in [5.41, 5.74) is 7.51. The third-order valence-electron chi connectivity index (χ3n) is 4.34. The fourth-order valence-electron chi connectivity index (χ4n) is 3.01. The molecule has 7 heteroatoms. The van der Waals surface area contributed by atoms with Gasteiger partial charge >= 0.3 is 0 Å². The lowest BCUT2D eigenvalue weighted by Gasteiger charge is -2.23. The molecule has 0 radical (unpaired) electrons. The highest BCUT2D eigenvalue weighted by Gasteiger charge is 2.25. The minimum Gasteiger partial charge on any atom is -0.507 e. The Bertz CT molecular complexity index is 823. The van der Waals surface area contributed by atoms with Crippen LogP contribution in [0.25, 0.3) is 11.4 Å².